The fourth-order valence-corrected chi connectivity index (χ4v) is 2.97. The van der Waals surface area contributed by atoms with Crippen molar-refractivity contribution in [2.45, 2.75) is 70.3 Å². The van der Waals surface area contributed by atoms with E-state index in [1.54, 1.807) is 20.8 Å². The first kappa shape index (κ1) is 15.3. The molecule has 0 aromatic heterocycles. The number of aliphatic hydroxyl groups is 2. The van der Waals surface area contributed by atoms with E-state index in [4.69, 9.17) is 0 Å². The highest BCUT2D eigenvalue weighted by Crippen LogP contribution is 2.37. The number of hydrogen-bond donors (Lipinski definition) is 3. The molecule has 0 aliphatic rings. The van der Waals surface area contributed by atoms with E-state index in [2.05, 4.69) is 19.6 Å². The highest BCUT2D eigenvalue weighted by atomic mass is 32.1. The molecule has 0 fully saturated rings. The first-order valence-electron chi connectivity index (χ1n) is 5.71. The lowest BCUT2D eigenvalue weighted by Gasteiger charge is -2.37. The molecule has 0 radical (unpaired) electrons. The van der Waals surface area contributed by atoms with Crippen LogP contribution in [0.15, 0.2) is 0 Å². The van der Waals surface area contributed by atoms with Crippen LogP contribution >= 0.6 is 12.6 Å². The summed E-state index contributed by atoms with van der Waals surface area (Å²) in [6, 6.07) is 0. The van der Waals surface area contributed by atoms with Crippen LogP contribution in [0.4, 0.5) is 0 Å². The Morgan fingerprint density at radius 3 is 2.00 bits per heavy atom. The van der Waals surface area contributed by atoms with Gasteiger partial charge in [-0.3, -0.25) is 0 Å². The molecular weight excluding hydrogens is 208 g/mol. The van der Waals surface area contributed by atoms with Crippen molar-refractivity contribution in [2.75, 3.05) is 0 Å². The van der Waals surface area contributed by atoms with Crippen molar-refractivity contribution in [3.05, 3.63) is 0 Å². The third-order valence-corrected chi connectivity index (χ3v) is 3.31. The molecule has 0 aromatic carbocycles. The zero-order valence-corrected chi connectivity index (χ0v) is 11.5. The van der Waals surface area contributed by atoms with Crippen LogP contribution in [0, 0.1) is 5.92 Å². The van der Waals surface area contributed by atoms with E-state index in [9.17, 15) is 10.2 Å². The zero-order chi connectivity index (χ0) is 12.3. The van der Waals surface area contributed by atoms with Gasteiger partial charge in [0, 0.05) is 4.75 Å². The van der Waals surface area contributed by atoms with Crippen molar-refractivity contribution in [3.8, 4) is 0 Å². The molecule has 0 bridgehead atoms. The summed E-state index contributed by atoms with van der Waals surface area (Å²) in [5, 5.41) is 19.2. The highest BCUT2D eigenvalue weighted by Gasteiger charge is 2.34. The third-order valence-electron chi connectivity index (χ3n) is 2.79. The van der Waals surface area contributed by atoms with Gasteiger partial charge >= 0.3 is 0 Å². The Hall–Kier alpha value is 0.270. The van der Waals surface area contributed by atoms with E-state index in [0.29, 0.717) is 12.3 Å². The summed E-state index contributed by atoms with van der Waals surface area (Å²) >= 11 is 4.66. The average molecular weight is 234 g/mol. The first-order valence-corrected chi connectivity index (χ1v) is 6.16. The molecule has 0 rings (SSSR count). The lowest BCUT2D eigenvalue weighted by atomic mass is 9.80. The van der Waals surface area contributed by atoms with E-state index in [1.165, 1.54) is 0 Å². The first-order chi connectivity index (χ1) is 6.58. The Labute approximate surface area is 99.5 Å². The van der Waals surface area contributed by atoms with Crippen molar-refractivity contribution in [1.82, 2.24) is 0 Å². The monoisotopic (exact) mass is 234 g/mol. The zero-order valence-electron chi connectivity index (χ0n) is 10.6. The summed E-state index contributed by atoms with van der Waals surface area (Å²) in [4.78, 5) is 0. The second-order valence-corrected chi connectivity index (χ2v) is 6.56. The predicted octanol–water partition coefficient (Wildman–Crippen LogP) is 2.63. The summed E-state index contributed by atoms with van der Waals surface area (Å²) in [6.07, 6.45) is 2.05. The summed E-state index contributed by atoms with van der Waals surface area (Å²) in [5.74, 6) is 0.326. The lowest BCUT2D eigenvalue weighted by Crippen LogP contribution is -2.38. The molecule has 3 heteroatoms. The van der Waals surface area contributed by atoms with Crippen molar-refractivity contribution in [3.63, 3.8) is 0 Å². The predicted molar refractivity (Wildman–Crippen MR) is 68.4 cm³/mol. The number of thiol groups is 1. The van der Waals surface area contributed by atoms with Gasteiger partial charge in [0.05, 0.1) is 11.7 Å². The van der Waals surface area contributed by atoms with Crippen LogP contribution in [-0.2, 0) is 0 Å². The van der Waals surface area contributed by atoms with E-state index in [-0.39, 0.29) is 10.9 Å². The molecule has 0 saturated heterocycles. The summed E-state index contributed by atoms with van der Waals surface area (Å²) in [6.45, 7) is 9.56. The van der Waals surface area contributed by atoms with Gasteiger partial charge in [-0.25, -0.2) is 0 Å². The normalized spacial score (nSPS) is 20.8. The second kappa shape index (κ2) is 5.55. The molecule has 3 unspecified atom stereocenters. The standard InChI is InChI=1S/C12H26O2S/c1-6-10(7-9(2)13)12(5,15)8-11(3,4)14/h9-10,13-15H,6-8H2,1-5H3. The number of hydrogen-bond acceptors (Lipinski definition) is 3. The van der Waals surface area contributed by atoms with Crippen LogP contribution in [0.5, 0.6) is 0 Å². The molecule has 3 atom stereocenters. The smallest absolute Gasteiger partial charge is 0.0604 e. The van der Waals surface area contributed by atoms with Gasteiger partial charge in [0.25, 0.3) is 0 Å². The maximum atomic E-state index is 9.82. The van der Waals surface area contributed by atoms with E-state index >= 15 is 0 Å². The molecule has 0 saturated carbocycles. The Bertz CT molecular complexity index is 183. The van der Waals surface area contributed by atoms with Gasteiger partial charge in [-0.05, 0) is 39.5 Å². The minimum atomic E-state index is -0.706. The van der Waals surface area contributed by atoms with Gasteiger partial charge in [0.15, 0.2) is 0 Å². The lowest BCUT2D eigenvalue weighted by molar-refractivity contribution is 0.0464. The topological polar surface area (TPSA) is 40.5 Å². The van der Waals surface area contributed by atoms with Crippen LogP contribution in [0.25, 0.3) is 0 Å². The van der Waals surface area contributed by atoms with Crippen molar-refractivity contribution in [1.29, 1.82) is 0 Å². The van der Waals surface area contributed by atoms with E-state index in [0.717, 1.165) is 12.8 Å². The molecule has 0 aliphatic carbocycles. The maximum Gasteiger partial charge on any atom is 0.0604 e. The van der Waals surface area contributed by atoms with Gasteiger partial charge in [0.1, 0.15) is 0 Å². The van der Waals surface area contributed by atoms with Crippen LogP contribution < -0.4 is 0 Å². The highest BCUT2D eigenvalue weighted by molar-refractivity contribution is 7.81. The third kappa shape index (κ3) is 6.44. The fraction of sp³-hybridized carbons (Fsp3) is 1.00. The maximum absolute atomic E-state index is 9.82. The largest absolute Gasteiger partial charge is 0.393 e. The molecule has 0 aromatic rings. The molecule has 0 amide bonds. The fourth-order valence-electron chi connectivity index (χ4n) is 2.29. The van der Waals surface area contributed by atoms with E-state index < -0.39 is 5.60 Å². The number of aliphatic hydroxyl groups excluding tert-OH is 1. The Morgan fingerprint density at radius 1 is 1.27 bits per heavy atom. The van der Waals surface area contributed by atoms with E-state index in [1.807, 2.05) is 6.92 Å². The van der Waals surface area contributed by atoms with Gasteiger partial charge < -0.3 is 10.2 Å². The minimum absolute atomic E-state index is 0.232. The SMILES string of the molecule is CCC(CC(C)O)C(C)(S)CC(C)(C)O. The van der Waals surface area contributed by atoms with Crippen LogP contribution in [0.2, 0.25) is 0 Å². The van der Waals surface area contributed by atoms with Crippen LogP contribution in [-0.4, -0.2) is 26.7 Å². The number of rotatable bonds is 6. The molecule has 2 nitrogen and oxygen atoms in total. The summed E-state index contributed by atoms with van der Waals surface area (Å²) in [5.41, 5.74) is -0.706. The molecule has 15 heavy (non-hydrogen) atoms. The van der Waals surface area contributed by atoms with Gasteiger partial charge in [-0.15, -0.1) is 0 Å². The molecule has 92 valence electrons. The summed E-state index contributed by atoms with van der Waals surface area (Å²) in [7, 11) is 0. The second-order valence-electron chi connectivity index (χ2n) is 5.54. The Morgan fingerprint density at radius 2 is 1.73 bits per heavy atom. The van der Waals surface area contributed by atoms with Gasteiger partial charge in [0.2, 0.25) is 0 Å². The van der Waals surface area contributed by atoms with Crippen LogP contribution in [0.3, 0.4) is 0 Å². The van der Waals surface area contributed by atoms with Crippen molar-refractivity contribution >= 4 is 12.6 Å². The molecular formula is C12H26O2S. The van der Waals surface area contributed by atoms with Crippen molar-refractivity contribution < 1.29 is 10.2 Å². The Balaban J connectivity index is 4.51. The quantitative estimate of drug-likeness (QED) is 0.618. The molecule has 0 aliphatic heterocycles. The van der Waals surface area contributed by atoms with Crippen molar-refractivity contribution in [2.24, 2.45) is 5.92 Å². The average Bonchev–Trinajstić information content (AvgIpc) is 1.94. The molecule has 0 spiro atoms. The van der Waals surface area contributed by atoms with Crippen LogP contribution in [0.1, 0.15) is 53.9 Å². The minimum Gasteiger partial charge on any atom is -0.393 e. The Kier molecular flexibility index (Phi) is 5.65. The summed E-state index contributed by atoms with van der Waals surface area (Å²) < 4.78 is -0.232. The molecule has 0 heterocycles. The molecule has 2 N–H and O–H groups in total. The van der Waals surface area contributed by atoms with Gasteiger partial charge in [-0.2, -0.15) is 12.6 Å². The van der Waals surface area contributed by atoms with Gasteiger partial charge in [-0.1, -0.05) is 20.3 Å².